The molecule has 0 aliphatic rings. The Kier molecular flexibility index (Phi) is 3.32. The van der Waals surface area contributed by atoms with Gasteiger partial charge in [0.25, 0.3) is 0 Å². The normalized spacial score (nSPS) is 10.7. The van der Waals surface area contributed by atoms with Crippen molar-refractivity contribution in [1.82, 2.24) is 0 Å². The van der Waals surface area contributed by atoms with E-state index in [1.54, 1.807) is 0 Å². The Labute approximate surface area is 117 Å². The lowest BCUT2D eigenvalue weighted by atomic mass is 9.97. The van der Waals surface area contributed by atoms with E-state index in [0.717, 1.165) is 21.9 Å². The van der Waals surface area contributed by atoms with E-state index >= 15 is 0 Å². The number of fused-ring (bicyclic) bond motifs is 1. The van der Waals surface area contributed by atoms with Crippen LogP contribution in [0.3, 0.4) is 0 Å². The highest BCUT2D eigenvalue weighted by molar-refractivity contribution is 6.16. The summed E-state index contributed by atoms with van der Waals surface area (Å²) in [5, 5.41) is 2.07. The number of nitrogens with two attached hydrogens (primary N) is 1. The van der Waals surface area contributed by atoms with Crippen LogP contribution in [-0.2, 0) is 6.54 Å². The van der Waals surface area contributed by atoms with Gasteiger partial charge in [-0.05, 0) is 16.3 Å². The van der Waals surface area contributed by atoms with Gasteiger partial charge in [-0.2, -0.15) is 0 Å². The quantitative estimate of drug-likeness (QED) is 0.733. The summed E-state index contributed by atoms with van der Waals surface area (Å²) in [6.07, 6.45) is 0. The molecule has 0 aromatic heterocycles. The average molecular weight is 261 g/mol. The molecule has 3 aromatic rings. The summed E-state index contributed by atoms with van der Waals surface area (Å²) in [7, 11) is 0. The van der Waals surface area contributed by atoms with Crippen molar-refractivity contribution in [2.75, 3.05) is 0 Å². The van der Waals surface area contributed by atoms with Crippen molar-refractivity contribution in [2.24, 2.45) is 5.73 Å². The second-order valence-corrected chi connectivity index (χ2v) is 4.76. The van der Waals surface area contributed by atoms with Crippen molar-refractivity contribution in [1.29, 1.82) is 0 Å². The smallest absolute Gasteiger partial charge is 0.193 e. The lowest BCUT2D eigenvalue weighted by molar-refractivity contribution is 0.104. The lowest BCUT2D eigenvalue weighted by Gasteiger charge is -2.06. The summed E-state index contributed by atoms with van der Waals surface area (Å²) in [6, 6.07) is 21.2. The summed E-state index contributed by atoms with van der Waals surface area (Å²) in [4.78, 5) is 12.6. The van der Waals surface area contributed by atoms with Crippen LogP contribution in [0.2, 0.25) is 0 Å². The third-order valence-electron chi connectivity index (χ3n) is 3.49. The van der Waals surface area contributed by atoms with E-state index in [2.05, 4.69) is 0 Å². The minimum atomic E-state index is 0.0466. The Balaban J connectivity index is 2.07. The molecular weight excluding hydrogens is 246 g/mol. The molecule has 0 radical (unpaired) electrons. The molecule has 0 aliphatic heterocycles. The Morgan fingerprint density at radius 2 is 1.55 bits per heavy atom. The third kappa shape index (κ3) is 2.22. The fourth-order valence-corrected chi connectivity index (χ4v) is 2.37. The summed E-state index contributed by atoms with van der Waals surface area (Å²) in [5.41, 5.74) is 8.04. The molecule has 0 spiro atoms. The number of hydrogen-bond donors (Lipinski definition) is 1. The van der Waals surface area contributed by atoms with E-state index in [9.17, 15) is 4.79 Å². The van der Waals surface area contributed by atoms with Gasteiger partial charge in [-0.3, -0.25) is 4.79 Å². The van der Waals surface area contributed by atoms with Crippen LogP contribution in [0.5, 0.6) is 0 Å². The van der Waals surface area contributed by atoms with Crippen molar-refractivity contribution in [2.45, 2.75) is 6.54 Å². The minimum absolute atomic E-state index is 0.0466. The number of carbonyl (C=O) groups is 1. The second-order valence-electron chi connectivity index (χ2n) is 4.76. The molecule has 0 unspecified atom stereocenters. The first kappa shape index (κ1) is 12.6. The number of carbonyl (C=O) groups excluding carboxylic acids is 1. The van der Waals surface area contributed by atoms with Gasteiger partial charge >= 0.3 is 0 Å². The molecule has 0 amide bonds. The van der Waals surface area contributed by atoms with Crippen molar-refractivity contribution in [3.05, 3.63) is 83.4 Å². The van der Waals surface area contributed by atoms with E-state index in [1.165, 1.54) is 0 Å². The van der Waals surface area contributed by atoms with Crippen molar-refractivity contribution in [3.8, 4) is 0 Å². The van der Waals surface area contributed by atoms with Gasteiger partial charge in [0.1, 0.15) is 0 Å². The molecule has 2 nitrogen and oxygen atoms in total. The van der Waals surface area contributed by atoms with E-state index in [1.807, 2.05) is 66.7 Å². The monoisotopic (exact) mass is 261 g/mol. The highest BCUT2D eigenvalue weighted by Crippen LogP contribution is 2.21. The van der Waals surface area contributed by atoms with Crippen LogP contribution in [0.15, 0.2) is 66.7 Å². The van der Waals surface area contributed by atoms with E-state index in [-0.39, 0.29) is 5.78 Å². The van der Waals surface area contributed by atoms with Gasteiger partial charge < -0.3 is 5.73 Å². The molecule has 2 N–H and O–H groups in total. The van der Waals surface area contributed by atoms with Crippen LogP contribution in [0.1, 0.15) is 21.5 Å². The Hall–Kier alpha value is -2.45. The molecular formula is C18H15NO. The van der Waals surface area contributed by atoms with Crippen LogP contribution >= 0.6 is 0 Å². The first-order valence-corrected chi connectivity index (χ1v) is 6.61. The zero-order chi connectivity index (χ0) is 13.9. The van der Waals surface area contributed by atoms with Crippen LogP contribution in [0.4, 0.5) is 0 Å². The van der Waals surface area contributed by atoms with Crippen molar-refractivity contribution < 1.29 is 4.79 Å². The minimum Gasteiger partial charge on any atom is -0.326 e. The predicted octanol–water partition coefficient (Wildman–Crippen LogP) is 3.53. The Morgan fingerprint density at radius 3 is 2.30 bits per heavy atom. The molecule has 0 saturated heterocycles. The molecule has 3 aromatic carbocycles. The summed E-state index contributed by atoms with van der Waals surface area (Å²) >= 11 is 0. The maximum atomic E-state index is 12.6. The largest absolute Gasteiger partial charge is 0.326 e. The van der Waals surface area contributed by atoms with E-state index in [0.29, 0.717) is 12.1 Å². The molecule has 3 rings (SSSR count). The van der Waals surface area contributed by atoms with Crippen LogP contribution < -0.4 is 5.73 Å². The van der Waals surface area contributed by atoms with Gasteiger partial charge in [-0.1, -0.05) is 66.7 Å². The zero-order valence-corrected chi connectivity index (χ0v) is 11.0. The molecule has 0 aliphatic carbocycles. The highest BCUT2D eigenvalue weighted by atomic mass is 16.1. The number of ketones is 1. The van der Waals surface area contributed by atoms with Gasteiger partial charge in [-0.15, -0.1) is 0 Å². The van der Waals surface area contributed by atoms with Gasteiger partial charge in [-0.25, -0.2) is 0 Å². The number of benzene rings is 3. The summed E-state index contributed by atoms with van der Waals surface area (Å²) in [6.45, 7) is 0.489. The van der Waals surface area contributed by atoms with Crippen LogP contribution in [0, 0.1) is 0 Å². The average Bonchev–Trinajstić information content (AvgIpc) is 2.54. The van der Waals surface area contributed by atoms with Crippen molar-refractivity contribution in [3.63, 3.8) is 0 Å². The molecule has 0 fully saturated rings. The SMILES string of the molecule is NCc1ccc(C(=O)c2cccc3ccccc23)cc1. The Bertz CT molecular complexity index is 754. The molecule has 0 heterocycles. The molecule has 0 atom stereocenters. The fourth-order valence-electron chi connectivity index (χ4n) is 2.37. The highest BCUT2D eigenvalue weighted by Gasteiger charge is 2.11. The summed E-state index contributed by atoms with van der Waals surface area (Å²) < 4.78 is 0. The molecule has 20 heavy (non-hydrogen) atoms. The fraction of sp³-hybridized carbons (Fsp3) is 0.0556. The predicted molar refractivity (Wildman–Crippen MR) is 81.7 cm³/mol. The topological polar surface area (TPSA) is 43.1 Å². The van der Waals surface area contributed by atoms with Gasteiger partial charge in [0, 0.05) is 17.7 Å². The number of hydrogen-bond acceptors (Lipinski definition) is 2. The first-order chi connectivity index (χ1) is 9.79. The molecule has 0 saturated carbocycles. The summed E-state index contributed by atoms with van der Waals surface area (Å²) in [5.74, 6) is 0.0466. The van der Waals surface area contributed by atoms with Crippen LogP contribution in [0.25, 0.3) is 10.8 Å². The van der Waals surface area contributed by atoms with Gasteiger partial charge in [0.15, 0.2) is 5.78 Å². The maximum Gasteiger partial charge on any atom is 0.193 e. The van der Waals surface area contributed by atoms with E-state index in [4.69, 9.17) is 5.73 Å². The molecule has 98 valence electrons. The van der Waals surface area contributed by atoms with Crippen LogP contribution in [-0.4, -0.2) is 5.78 Å². The van der Waals surface area contributed by atoms with Crippen molar-refractivity contribution >= 4 is 16.6 Å². The standard InChI is InChI=1S/C18H15NO/c19-12-13-8-10-15(11-9-13)18(20)17-7-3-5-14-4-1-2-6-16(14)17/h1-11H,12,19H2. The maximum absolute atomic E-state index is 12.6. The third-order valence-corrected chi connectivity index (χ3v) is 3.49. The lowest BCUT2D eigenvalue weighted by Crippen LogP contribution is -2.03. The zero-order valence-electron chi connectivity index (χ0n) is 11.0. The second kappa shape index (κ2) is 5.27. The first-order valence-electron chi connectivity index (χ1n) is 6.61. The number of rotatable bonds is 3. The molecule has 2 heteroatoms. The van der Waals surface area contributed by atoms with Gasteiger partial charge in [0.05, 0.1) is 0 Å². The molecule has 0 bridgehead atoms. The van der Waals surface area contributed by atoms with Gasteiger partial charge in [0.2, 0.25) is 0 Å². The Morgan fingerprint density at radius 1 is 0.850 bits per heavy atom. The van der Waals surface area contributed by atoms with E-state index < -0.39 is 0 Å².